The summed E-state index contributed by atoms with van der Waals surface area (Å²) in [5, 5.41) is 3.17. The molecule has 0 bridgehead atoms. The van der Waals surface area contributed by atoms with Gasteiger partial charge in [-0.2, -0.15) is 0 Å². The summed E-state index contributed by atoms with van der Waals surface area (Å²) in [5.74, 6) is 1.53. The molecule has 2 amide bonds. The van der Waals surface area contributed by atoms with Crippen LogP contribution in [0, 0.1) is 11.8 Å². The zero-order chi connectivity index (χ0) is 23.2. The molecule has 7 heteroatoms. The van der Waals surface area contributed by atoms with Crippen molar-refractivity contribution in [2.45, 2.75) is 45.6 Å². The van der Waals surface area contributed by atoms with Gasteiger partial charge in [-0.1, -0.05) is 20.3 Å². The standard InChI is InChI=1S/C26H34N4O3/c1-3-19(2)15-25(31)29-13-10-24(11-14-29)33-23-8-6-21(7-9-23)30(22-5-4-12-27-18-22)26(32)20-16-28-17-20/h4-9,12,18-20,24,28H,3,10-11,13-17H2,1-2H3. The fourth-order valence-electron chi connectivity index (χ4n) is 4.20. The summed E-state index contributed by atoms with van der Waals surface area (Å²) in [7, 11) is 0. The summed E-state index contributed by atoms with van der Waals surface area (Å²) in [6, 6.07) is 11.4. The van der Waals surface area contributed by atoms with Crippen molar-refractivity contribution in [2.75, 3.05) is 31.1 Å². The van der Waals surface area contributed by atoms with E-state index in [1.807, 2.05) is 41.3 Å². The predicted molar refractivity (Wildman–Crippen MR) is 128 cm³/mol. The van der Waals surface area contributed by atoms with Crippen LogP contribution in [0.4, 0.5) is 11.4 Å². The number of rotatable bonds is 8. The number of anilines is 2. The Morgan fingerprint density at radius 3 is 2.45 bits per heavy atom. The Labute approximate surface area is 196 Å². The lowest BCUT2D eigenvalue weighted by Crippen LogP contribution is -2.51. The summed E-state index contributed by atoms with van der Waals surface area (Å²) in [5.41, 5.74) is 1.57. The van der Waals surface area contributed by atoms with Crippen LogP contribution in [0.2, 0.25) is 0 Å². The molecule has 2 aromatic rings. The lowest BCUT2D eigenvalue weighted by molar-refractivity contribution is -0.134. The first-order chi connectivity index (χ1) is 16.0. The van der Waals surface area contributed by atoms with E-state index in [2.05, 4.69) is 24.1 Å². The van der Waals surface area contributed by atoms with Gasteiger partial charge in [0.2, 0.25) is 11.8 Å². The highest BCUT2D eigenvalue weighted by atomic mass is 16.5. The van der Waals surface area contributed by atoms with Crippen LogP contribution in [-0.4, -0.2) is 54.0 Å². The average Bonchev–Trinajstić information content (AvgIpc) is 2.80. The van der Waals surface area contributed by atoms with Gasteiger partial charge >= 0.3 is 0 Å². The van der Waals surface area contributed by atoms with Crippen molar-refractivity contribution in [3.05, 3.63) is 48.8 Å². The fraction of sp³-hybridized carbons (Fsp3) is 0.500. The molecule has 3 heterocycles. The molecule has 2 fully saturated rings. The summed E-state index contributed by atoms with van der Waals surface area (Å²) in [4.78, 5) is 33.4. The van der Waals surface area contributed by atoms with Crippen LogP contribution in [0.1, 0.15) is 39.5 Å². The van der Waals surface area contributed by atoms with Gasteiger partial charge in [-0.3, -0.25) is 19.5 Å². The molecule has 7 nitrogen and oxygen atoms in total. The van der Waals surface area contributed by atoms with Crippen LogP contribution in [0.3, 0.4) is 0 Å². The highest BCUT2D eigenvalue weighted by molar-refractivity contribution is 6.02. The molecule has 2 aliphatic heterocycles. The highest BCUT2D eigenvalue weighted by Crippen LogP contribution is 2.30. The van der Waals surface area contributed by atoms with E-state index in [0.717, 1.165) is 49.5 Å². The van der Waals surface area contributed by atoms with E-state index >= 15 is 0 Å². The Balaban J connectivity index is 1.37. The molecule has 0 aliphatic carbocycles. The second-order valence-corrected chi connectivity index (χ2v) is 9.15. The predicted octanol–water partition coefficient (Wildman–Crippen LogP) is 3.77. The normalized spacial score (nSPS) is 17.8. The monoisotopic (exact) mass is 450 g/mol. The van der Waals surface area contributed by atoms with Gasteiger partial charge in [0, 0.05) is 57.3 Å². The first-order valence-corrected chi connectivity index (χ1v) is 12.0. The van der Waals surface area contributed by atoms with Gasteiger partial charge < -0.3 is 15.0 Å². The summed E-state index contributed by atoms with van der Waals surface area (Å²) in [6.45, 7) is 7.15. The number of aromatic nitrogens is 1. The number of hydrogen-bond donors (Lipinski definition) is 1. The number of carbonyl (C=O) groups is 2. The number of piperidine rings is 1. The number of likely N-dealkylation sites (tertiary alicyclic amines) is 1. The van der Waals surface area contributed by atoms with Gasteiger partial charge in [-0.25, -0.2) is 0 Å². The van der Waals surface area contributed by atoms with Crippen LogP contribution in [-0.2, 0) is 9.59 Å². The maximum absolute atomic E-state index is 13.1. The van der Waals surface area contributed by atoms with Gasteiger partial charge in [-0.15, -0.1) is 0 Å². The van der Waals surface area contributed by atoms with E-state index < -0.39 is 0 Å². The molecule has 4 rings (SSSR count). The first-order valence-electron chi connectivity index (χ1n) is 12.0. The topological polar surface area (TPSA) is 74.8 Å². The van der Waals surface area contributed by atoms with Crippen LogP contribution in [0.25, 0.3) is 0 Å². The number of amides is 2. The van der Waals surface area contributed by atoms with E-state index in [1.165, 1.54) is 0 Å². The highest BCUT2D eigenvalue weighted by Gasteiger charge is 2.31. The minimum atomic E-state index is -0.0191. The number of nitrogens with zero attached hydrogens (tertiary/aromatic N) is 3. The summed E-state index contributed by atoms with van der Waals surface area (Å²) < 4.78 is 6.20. The van der Waals surface area contributed by atoms with Gasteiger partial charge in [0.05, 0.1) is 17.8 Å². The molecule has 33 heavy (non-hydrogen) atoms. The van der Waals surface area contributed by atoms with Crippen LogP contribution in [0.15, 0.2) is 48.8 Å². The number of benzene rings is 1. The van der Waals surface area contributed by atoms with Crippen molar-refractivity contribution in [1.82, 2.24) is 15.2 Å². The van der Waals surface area contributed by atoms with Gasteiger partial charge in [0.15, 0.2) is 0 Å². The van der Waals surface area contributed by atoms with Crippen molar-refractivity contribution in [3.8, 4) is 5.75 Å². The van der Waals surface area contributed by atoms with Crippen molar-refractivity contribution >= 4 is 23.2 Å². The van der Waals surface area contributed by atoms with Crippen molar-refractivity contribution < 1.29 is 14.3 Å². The molecule has 1 aromatic carbocycles. The van der Waals surface area contributed by atoms with Gasteiger partial charge in [0.25, 0.3) is 0 Å². The lowest BCUT2D eigenvalue weighted by atomic mass is 10.0. The number of hydrogen-bond acceptors (Lipinski definition) is 5. The molecular weight excluding hydrogens is 416 g/mol. The Kier molecular flexibility index (Phi) is 7.60. The molecule has 1 unspecified atom stereocenters. The Morgan fingerprint density at radius 1 is 1.15 bits per heavy atom. The third kappa shape index (κ3) is 5.71. The third-order valence-electron chi connectivity index (χ3n) is 6.67. The molecule has 2 aliphatic rings. The number of pyridine rings is 1. The molecule has 0 radical (unpaired) electrons. The van der Waals surface area contributed by atoms with E-state index in [-0.39, 0.29) is 23.8 Å². The summed E-state index contributed by atoms with van der Waals surface area (Å²) >= 11 is 0. The van der Waals surface area contributed by atoms with Gasteiger partial charge in [0.1, 0.15) is 11.9 Å². The molecular formula is C26H34N4O3. The summed E-state index contributed by atoms with van der Waals surface area (Å²) in [6.07, 6.45) is 6.85. The molecule has 0 spiro atoms. The molecule has 1 atom stereocenters. The molecule has 176 valence electrons. The zero-order valence-corrected chi connectivity index (χ0v) is 19.6. The lowest BCUT2D eigenvalue weighted by Gasteiger charge is -2.33. The largest absolute Gasteiger partial charge is 0.490 e. The van der Waals surface area contributed by atoms with E-state index in [9.17, 15) is 9.59 Å². The quantitative estimate of drug-likeness (QED) is 0.663. The Hall–Kier alpha value is -2.93. The van der Waals surface area contributed by atoms with Crippen LogP contribution in [0.5, 0.6) is 5.75 Å². The van der Waals surface area contributed by atoms with Crippen LogP contribution < -0.4 is 15.0 Å². The molecule has 2 saturated heterocycles. The second kappa shape index (κ2) is 10.8. The third-order valence-corrected chi connectivity index (χ3v) is 6.67. The second-order valence-electron chi connectivity index (χ2n) is 9.15. The van der Waals surface area contributed by atoms with E-state index in [0.29, 0.717) is 25.4 Å². The van der Waals surface area contributed by atoms with Crippen LogP contribution >= 0.6 is 0 Å². The minimum Gasteiger partial charge on any atom is -0.490 e. The van der Waals surface area contributed by atoms with Crippen molar-refractivity contribution in [3.63, 3.8) is 0 Å². The number of ether oxygens (including phenoxy) is 1. The smallest absolute Gasteiger partial charge is 0.237 e. The van der Waals surface area contributed by atoms with Gasteiger partial charge in [-0.05, 0) is 42.3 Å². The van der Waals surface area contributed by atoms with E-state index in [1.54, 1.807) is 17.3 Å². The maximum atomic E-state index is 13.1. The van der Waals surface area contributed by atoms with Crippen molar-refractivity contribution in [2.24, 2.45) is 11.8 Å². The first kappa shape index (κ1) is 23.2. The number of carbonyl (C=O) groups excluding carboxylic acids is 2. The number of nitrogens with one attached hydrogen (secondary N) is 1. The zero-order valence-electron chi connectivity index (χ0n) is 19.6. The SMILES string of the molecule is CCC(C)CC(=O)N1CCC(Oc2ccc(N(C(=O)C3CNC3)c3cccnc3)cc2)CC1. The Morgan fingerprint density at radius 2 is 1.88 bits per heavy atom. The molecule has 1 aromatic heterocycles. The van der Waals surface area contributed by atoms with E-state index in [4.69, 9.17) is 4.74 Å². The molecule has 0 saturated carbocycles. The molecule has 1 N–H and O–H groups in total. The Bertz CT molecular complexity index is 922. The van der Waals surface area contributed by atoms with Crippen molar-refractivity contribution in [1.29, 1.82) is 0 Å². The minimum absolute atomic E-state index is 0.0191. The average molecular weight is 451 g/mol. The fourth-order valence-corrected chi connectivity index (χ4v) is 4.20. The maximum Gasteiger partial charge on any atom is 0.237 e.